The Morgan fingerprint density at radius 1 is 1.21 bits per heavy atom. The van der Waals surface area contributed by atoms with Crippen molar-refractivity contribution in [3.05, 3.63) is 74.9 Å². The molecule has 0 saturated heterocycles. The molecular formula is C19H15FN2O5S. The van der Waals surface area contributed by atoms with Gasteiger partial charge in [-0.1, -0.05) is 12.1 Å². The monoisotopic (exact) mass is 402 g/mol. The molecule has 0 aliphatic rings. The van der Waals surface area contributed by atoms with Gasteiger partial charge in [0.15, 0.2) is 6.10 Å². The maximum absolute atomic E-state index is 12.9. The minimum absolute atomic E-state index is 0.0706. The molecule has 1 heterocycles. The molecule has 144 valence electrons. The number of rotatable bonds is 6. The minimum atomic E-state index is -1.03. The summed E-state index contributed by atoms with van der Waals surface area (Å²) < 4.78 is 18.8. The van der Waals surface area contributed by atoms with Crippen molar-refractivity contribution >= 4 is 39.0 Å². The van der Waals surface area contributed by atoms with Crippen molar-refractivity contribution < 1.29 is 23.6 Å². The molecule has 0 spiro atoms. The van der Waals surface area contributed by atoms with Crippen molar-refractivity contribution in [2.45, 2.75) is 19.6 Å². The van der Waals surface area contributed by atoms with E-state index in [1.807, 2.05) is 0 Å². The summed E-state index contributed by atoms with van der Waals surface area (Å²) in [5.41, 5.74) is 0.637. The van der Waals surface area contributed by atoms with Crippen molar-refractivity contribution in [2.75, 3.05) is 0 Å². The van der Waals surface area contributed by atoms with Gasteiger partial charge in [0.05, 0.1) is 4.92 Å². The van der Waals surface area contributed by atoms with Gasteiger partial charge < -0.3 is 10.1 Å². The van der Waals surface area contributed by atoms with Crippen LogP contribution in [0, 0.1) is 15.9 Å². The predicted octanol–water partition coefficient (Wildman–Crippen LogP) is 3.81. The van der Waals surface area contributed by atoms with Crippen LogP contribution in [0.4, 0.5) is 10.1 Å². The normalized spacial score (nSPS) is 11.8. The Hall–Kier alpha value is -3.33. The predicted molar refractivity (Wildman–Crippen MR) is 102 cm³/mol. The van der Waals surface area contributed by atoms with Crippen LogP contribution < -0.4 is 5.32 Å². The highest BCUT2D eigenvalue weighted by Gasteiger charge is 2.21. The van der Waals surface area contributed by atoms with Crippen LogP contribution in [0.15, 0.2) is 48.5 Å². The van der Waals surface area contributed by atoms with Crippen LogP contribution in [0.2, 0.25) is 0 Å². The van der Waals surface area contributed by atoms with Gasteiger partial charge >= 0.3 is 5.97 Å². The van der Waals surface area contributed by atoms with E-state index in [1.165, 1.54) is 37.3 Å². The van der Waals surface area contributed by atoms with Gasteiger partial charge in [-0.25, -0.2) is 9.18 Å². The molecule has 0 aliphatic carbocycles. The fourth-order valence-electron chi connectivity index (χ4n) is 2.45. The molecule has 3 rings (SSSR count). The molecule has 0 fully saturated rings. The Kier molecular flexibility index (Phi) is 5.65. The van der Waals surface area contributed by atoms with Crippen LogP contribution in [0.3, 0.4) is 0 Å². The topological polar surface area (TPSA) is 98.5 Å². The molecular weight excluding hydrogens is 387 g/mol. The van der Waals surface area contributed by atoms with Gasteiger partial charge in [0.25, 0.3) is 11.6 Å². The maximum atomic E-state index is 12.9. The molecule has 3 aromatic rings. The van der Waals surface area contributed by atoms with Crippen molar-refractivity contribution in [1.29, 1.82) is 0 Å². The van der Waals surface area contributed by atoms with E-state index in [0.29, 0.717) is 15.6 Å². The van der Waals surface area contributed by atoms with E-state index in [4.69, 9.17) is 4.74 Å². The highest BCUT2D eigenvalue weighted by Crippen LogP contribution is 2.29. The van der Waals surface area contributed by atoms with E-state index >= 15 is 0 Å². The number of nitro groups is 1. The molecule has 0 bridgehead atoms. The summed E-state index contributed by atoms with van der Waals surface area (Å²) in [6.45, 7) is 1.61. The number of esters is 1. The Bertz CT molecular complexity index is 1050. The number of amides is 1. The van der Waals surface area contributed by atoms with Crippen LogP contribution in [-0.4, -0.2) is 22.9 Å². The molecule has 9 heteroatoms. The number of thiophene rings is 1. The highest BCUT2D eigenvalue weighted by atomic mass is 32.1. The fourth-order valence-corrected chi connectivity index (χ4v) is 3.38. The zero-order valence-corrected chi connectivity index (χ0v) is 15.5. The first-order chi connectivity index (χ1) is 13.3. The number of carbonyl (C=O) groups excluding carboxylic acids is 2. The number of carbonyl (C=O) groups is 2. The molecule has 1 aromatic heterocycles. The van der Waals surface area contributed by atoms with Crippen molar-refractivity contribution in [1.82, 2.24) is 5.32 Å². The molecule has 0 radical (unpaired) electrons. The summed E-state index contributed by atoms with van der Waals surface area (Å²) in [5.74, 6) is -1.55. The van der Waals surface area contributed by atoms with E-state index in [9.17, 15) is 24.1 Å². The number of benzene rings is 2. The Morgan fingerprint density at radius 3 is 2.61 bits per heavy atom. The van der Waals surface area contributed by atoms with Gasteiger partial charge in [-0.05, 0) is 36.8 Å². The summed E-state index contributed by atoms with van der Waals surface area (Å²) >= 11 is 1.13. The van der Waals surface area contributed by atoms with Gasteiger partial charge in [0.2, 0.25) is 0 Å². The lowest BCUT2D eigenvalue weighted by Gasteiger charge is -2.13. The number of nitro benzene ring substituents is 1. The average Bonchev–Trinajstić information content (AvgIpc) is 3.10. The van der Waals surface area contributed by atoms with Gasteiger partial charge in [-0.15, -0.1) is 11.3 Å². The van der Waals surface area contributed by atoms with Gasteiger partial charge in [0.1, 0.15) is 10.7 Å². The van der Waals surface area contributed by atoms with E-state index in [1.54, 1.807) is 18.2 Å². The third kappa shape index (κ3) is 4.49. The number of fused-ring (bicyclic) bond motifs is 1. The summed E-state index contributed by atoms with van der Waals surface area (Å²) in [6, 6.07) is 11.5. The number of hydrogen-bond donors (Lipinski definition) is 1. The van der Waals surface area contributed by atoms with Crippen LogP contribution in [0.5, 0.6) is 0 Å². The lowest BCUT2D eigenvalue weighted by Crippen LogP contribution is -2.35. The Balaban J connectivity index is 1.61. The van der Waals surface area contributed by atoms with E-state index in [2.05, 4.69) is 5.32 Å². The fraction of sp³-hybridized carbons (Fsp3) is 0.158. The van der Waals surface area contributed by atoms with Crippen LogP contribution in [-0.2, 0) is 16.1 Å². The molecule has 0 aliphatic heterocycles. The van der Waals surface area contributed by atoms with Crippen molar-refractivity contribution in [2.24, 2.45) is 0 Å². The van der Waals surface area contributed by atoms with E-state index in [0.717, 1.165) is 11.3 Å². The zero-order valence-electron chi connectivity index (χ0n) is 14.7. The lowest BCUT2D eigenvalue weighted by molar-refractivity contribution is -0.384. The molecule has 1 N–H and O–H groups in total. The third-order valence-corrected chi connectivity index (χ3v) is 5.04. The first-order valence-corrected chi connectivity index (χ1v) is 9.06. The molecule has 7 nitrogen and oxygen atoms in total. The van der Waals surface area contributed by atoms with Gasteiger partial charge in [-0.3, -0.25) is 14.9 Å². The summed E-state index contributed by atoms with van der Waals surface area (Å²) in [7, 11) is 0. The molecule has 0 unspecified atom stereocenters. The SMILES string of the molecule is C[C@H](OC(=O)c1cc2cc([N+](=O)[O-])ccc2s1)C(=O)NCc1ccc(F)cc1. The minimum Gasteiger partial charge on any atom is -0.448 e. The number of non-ortho nitro benzene ring substituents is 1. The number of nitrogens with zero attached hydrogens (tertiary/aromatic N) is 1. The first-order valence-electron chi connectivity index (χ1n) is 8.24. The second kappa shape index (κ2) is 8.13. The maximum Gasteiger partial charge on any atom is 0.349 e. The standard InChI is InChI=1S/C19H15FN2O5S/c1-11(18(23)21-10-12-2-4-14(20)5-3-12)27-19(24)17-9-13-8-15(22(25)26)6-7-16(13)28-17/h2-9,11H,10H2,1H3,(H,21,23)/t11-/m0/s1. The molecule has 2 aromatic carbocycles. The first kappa shape index (κ1) is 19.4. The molecule has 0 saturated carbocycles. The number of halogens is 1. The van der Waals surface area contributed by atoms with Crippen LogP contribution >= 0.6 is 11.3 Å². The Labute approximate surface area is 162 Å². The largest absolute Gasteiger partial charge is 0.448 e. The van der Waals surface area contributed by atoms with Gasteiger partial charge in [-0.2, -0.15) is 0 Å². The number of ether oxygens (including phenoxy) is 1. The van der Waals surface area contributed by atoms with E-state index in [-0.39, 0.29) is 22.9 Å². The second-order valence-corrected chi connectivity index (χ2v) is 7.07. The quantitative estimate of drug-likeness (QED) is 0.384. The second-order valence-electron chi connectivity index (χ2n) is 5.98. The summed E-state index contributed by atoms with van der Waals surface area (Å²) in [4.78, 5) is 35.0. The van der Waals surface area contributed by atoms with Gasteiger partial charge in [0, 0.05) is 28.8 Å². The lowest BCUT2D eigenvalue weighted by atomic mass is 10.2. The molecule has 1 amide bonds. The number of nitrogens with one attached hydrogen (secondary N) is 1. The highest BCUT2D eigenvalue weighted by molar-refractivity contribution is 7.20. The molecule has 1 atom stereocenters. The summed E-state index contributed by atoms with van der Waals surface area (Å²) in [6.07, 6.45) is -1.03. The van der Waals surface area contributed by atoms with Crippen molar-refractivity contribution in [3.63, 3.8) is 0 Å². The Morgan fingerprint density at radius 2 is 1.93 bits per heavy atom. The average molecular weight is 402 g/mol. The number of hydrogen-bond acceptors (Lipinski definition) is 6. The summed E-state index contributed by atoms with van der Waals surface area (Å²) in [5, 5.41) is 14.0. The van der Waals surface area contributed by atoms with Crippen molar-refractivity contribution in [3.8, 4) is 0 Å². The van der Waals surface area contributed by atoms with E-state index < -0.39 is 22.9 Å². The van der Waals surface area contributed by atoms with Crippen LogP contribution in [0.25, 0.3) is 10.1 Å². The smallest absolute Gasteiger partial charge is 0.349 e. The zero-order chi connectivity index (χ0) is 20.3. The molecule has 28 heavy (non-hydrogen) atoms. The van der Waals surface area contributed by atoms with Crippen LogP contribution in [0.1, 0.15) is 22.2 Å². The third-order valence-electron chi connectivity index (χ3n) is 3.94.